The van der Waals surface area contributed by atoms with Crippen molar-refractivity contribution in [3.05, 3.63) is 0 Å². The van der Waals surface area contributed by atoms with Crippen molar-refractivity contribution in [2.75, 3.05) is 60.0 Å². The standard InChI is InChI=1S/C14H26N4O4/c1-4-22-14(21)18-9-7-17(8-10-18)13(20)11-12(19)15-5-6-16(2)3/h4-11H2,1-3H3,(H,15,19). The third kappa shape index (κ3) is 6.30. The Balaban J connectivity index is 2.27. The lowest BCUT2D eigenvalue weighted by atomic mass is 10.2. The highest BCUT2D eigenvalue weighted by molar-refractivity contribution is 5.96. The van der Waals surface area contributed by atoms with Gasteiger partial charge in [0.1, 0.15) is 6.42 Å². The lowest BCUT2D eigenvalue weighted by Crippen LogP contribution is -2.51. The molecule has 0 aromatic carbocycles. The molecule has 0 bridgehead atoms. The van der Waals surface area contributed by atoms with E-state index in [2.05, 4.69) is 5.32 Å². The Bertz CT molecular complexity index is 392. The van der Waals surface area contributed by atoms with Crippen LogP contribution in [-0.2, 0) is 14.3 Å². The van der Waals surface area contributed by atoms with Gasteiger partial charge in [-0.3, -0.25) is 9.59 Å². The van der Waals surface area contributed by atoms with Gasteiger partial charge in [-0.15, -0.1) is 0 Å². The van der Waals surface area contributed by atoms with E-state index < -0.39 is 0 Å². The molecule has 1 N–H and O–H groups in total. The van der Waals surface area contributed by atoms with Crippen LogP contribution < -0.4 is 5.32 Å². The van der Waals surface area contributed by atoms with E-state index >= 15 is 0 Å². The highest BCUT2D eigenvalue weighted by Crippen LogP contribution is 2.05. The molecule has 0 saturated carbocycles. The summed E-state index contributed by atoms with van der Waals surface area (Å²) in [6.07, 6.45) is -0.497. The highest BCUT2D eigenvalue weighted by atomic mass is 16.6. The predicted molar refractivity (Wildman–Crippen MR) is 81.4 cm³/mol. The molecule has 0 spiro atoms. The Morgan fingerprint density at radius 1 is 1.09 bits per heavy atom. The van der Waals surface area contributed by atoms with Crippen LogP contribution in [0, 0.1) is 0 Å². The number of hydrogen-bond acceptors (Lipinski definition) is 5. The molecule has 0 atom stereocenters. The molecule has 0 unspecified atom stereocenters. The SMILES string of the molecule is CCOC(=O)N1CCN(C(=O)CC(=O)NCCN(C)C)CC1. The summed E-state index contributed by atoms with van der Waals surface area (Å²) in [4.78, 5) is 40.4. The van der Waals surface area contributed by atoms with Crippen molar-refractivity contribution in [3.8, 4) is 0 Å². The summed E-state index contributed by atoms with van der Waals surface area (Å²) in [5, 5.41) is 2.72. The van der Waals surface area contributed by atoms with Gasteiger partial charge in [0.15, 0.2) is 0 Å². The van der Waals surface area contributed by atoms with Crippen molar-refractivity contribution in [2.45, 2.75) is 13.3 Å². The van der Waals surface area contributed by atoms with Crippen molar-refractivity contribution < 1.29 is 19.1 Å². The third-order valence-electron chi connectivity index (χ3n) is 3.35. The molecule has 22 heavy (non-hydrogen) atoms. The average Bonchev–Trinajstić information content (AvgIpc) is 2.47. The highest BCUT2D eigenvalue weighted by Gasteiger charge is 2.25. The van der Waals surface area contributed by atoms with E-state index in [0.29, 0.717) is 39.3 Å². The van der Waals surface area contributed by atoms with Gasteiger partial charge in [0, 0.05) is 39.3 Å². The fraction of sp³-hybridized carbons (Fsp3) is 0.786. The fourth-order valence-electron chi connectivity index (χ4n) is 2.08. The molecule has 1 saturated heterocycles. The van der Waals surface area contributed by atoms with E-state index in [4.69, 9.17) is 4.74 Å². The zero-order valence-electron chi connectivity index (χ0n) is 13.6. The lowest BCUT2D eigenvalue weighted by Gasteiger charge is -2.34. The largest absolute Gasteiger partial charge is 0.450 e. The van der Waals surface area contributed by atoms with Crippen molar-refractivity contribution in [2.24, 2.45) is 0 Å². The smallest absolute Gasteiger partial charge is 0.409 e. The van der Waals surface area contributed by atoms with E-state index in [9.17, 15) is 14.4 Å². The molecular weight excluding hydrogens is 288 g/mol. The van der Waals surface area contributed by atoms with Crippen molar-refractivity contribution in [1.82, 2.24) is 20.0 Å². The Kier molecular flexibility index (Phi) is 7.65. The Labute approximate surface area is 131 Å². The summed E-state index contributed by atoms with van der Waals surface area (Å²) < 4.78 is 4.92. The number of rotatable bonds is 6. The quantitative estimate of drug-likeness (QED) is 0.659. The maximum Gasteiger partial charge on any atom is 0.409 e. The third-order valence-corrected chi connectivity index (χ3v) is 3.35. The first-order valence-corrected chi connectivity index (χ1v) is 7.55. The number of piperazine rings is 1. The van der Waals surface area contributed by atoms with Crippen LogP contribution in [0.4, 0.5) is 4.79 Å². The number of nitrogens with one attached hydrogen (secondary N) is 1. The summed E-state index contributed by atoms with van der Waals surface area (Å²) in [7, 11) is 3.83. The molecule has 0 aliphatic carbocycles. The molecule has 1 rings (SSSR count). The first-order valence-electron chi connectivity index (χ1n) is 7.55. The average molecular weight is 314 g/mol. The number of amides is 3. The molecule has 8 nitrogen and oxygen atoms in total. The summed E-state index contributed by atoms with van der Waals surface area (Å²) >= 11 is 0. The van der Waals surface area contributed by atoms with E-state index in [1.807, 2.05) is 19.0 Å². The minimum atomic E-state index is -0.351. The molecular formula is C14H26N4O4. The second kappa shape index (κ2) is 9.24. The van der Waals surface area contributed by atoms with Crippen molar-refractivity contribution in [3.63, 3.8) is 0 Å². The van der Waals surface area contributed by atoms with Crippen LogP contribution in [0.3, 0.4) is 0 Å². The maximum absolute atomic E-state index is 12.0. The topological polar surface area (TPSA) is 82.2 Å². The normalized spacial score (nSPS) is 14.9. The van der Waals surface area contributed by atoms with Gasteiger partial charge in [0.05, 0.1) is 6.61 Å². The minimum Gasteiger partial charge on any atom is -0.450 e. The number of carbonyl (C=O) groups is 3. The van der Waals surface area contributed by atoms with Crippen LogP contribution >= 0.6 is 0 Å². The van der Waals surface area contributed by atoms with Gasteiger partial charge in [-0.1, -0.05) is 0 Å². The first kappa shape index (κ1) is 18.2. The molecule has 126 valence electrons. The molecule has 1 aliphatic rings. The van der Waals surface area contributed by atoms with Crippen LogP contribution in [0.2, 0.25) is 0 Å². The number of likely N-dealkylation sites (N-methyl/N-ethyl adjacent to an activating group) is 1. The molecule has 0 radical (unpaired) electrons. The van der Waals surface area contributed by atoms with E-state index in [1.54, 1.807) is 16.7 Å². The minimum absolute atomic E-state index is 0.146. The number of ether oxygens (including phenoxy) is 1. The van der Waals surface area contributed by atoms with E-state index in [0.717, 1.165) is 6.54 Å². The number of nitrogens with zero attached hydrogens (tertiary/aromatic N) is 3. The Hall–Kier alpha value is -1.83. The summed E-state index contributed by atoms with van der Waals surface area (Å²) in [6.45, 7) is 5.09. The van der Waals surface area contributed by atoms with Gasteiger partial charge >= 0.3 is 6.09 Å². The van der Waals surface area contributed by atoms with Crippen LogP contribution in [0.15, 0.2) is 0 Å². The van der Waals surface area contributed by atoms with Gasteiger partial charge in [-0.05, 0) is 21.0 Å². The summed E-state index contributed by atoms with van der Waals surface area (Å²) in [6, 6.07) is 0. The fourth-order valence-corrected chi connectivity index (χ4v) is 2.08. The van der Waals surface area contributed by atoms with Gasteiger partial charge in [-0.25, -0.2) is 4.79 Å². The molecule has 1 aliphatic heterocycles. The van der Waals surface area contributed by atoms with Gasteiger partial charge < -0.3 is 24.8 Å². The number of carbonyl (C=O) groups excluding carboxylic acids is 3. The maximum atomic E-state index is 12.0. The first-order chi connectivity index (χ1) is 10.4. The van der Waals surface area contributed by atoms with Gasteiger partial charge in [0.2, 0.25) is 11.8 Å². The van der Waals surface area contributed by atoms with Crippen LogP contribution in [-0.4, -0.2) is 92.6 Å². The van der Waals surface area contributed by atoms with Crippen molar-refractivity contribution in [1.29, 1.82) is 0 Å². The van der Waals surface area contributed by atoms with Crippen LogP contribution in [0.25, 0.3) is 0 Å². The van der Waals surface area contributed by atoms with Crippen molar-refractivity contribution >= 4 is 17.9 Å². The van der Waals surface area contributed by atoms with Crippen LogP contribution in [0.1, 0.15) is 13.3 Å². The molecule has 1 fully saturated rings. The van der Waals surface area contributed by atoms with Gasteiger partial charge in [-0.2, -0.15) is 0 Å². The predicted octanol–water partition coefficient (Wildman–Crippen LogP) is -0.645. The Morgan fingerprint density at radius 2 is 1.68 bits per heavy atom. The Morgan fingerprint density at radius 3 is 2.23 bits per heavy atom. The molecule has 1 heterocycles. The van der Waals surface area contributed by atoms with E-state index in [1.165, 1.54) is 0 Å². The second-order valence-electron chi connectivity index (χ2n) is 5.40. The van der Waals surface area contributed by atoms with Gasteiger partial charge in [0.25, 0.3) is 0 Å². The second-order valence-corrected chi connectivity index (χ2v) is 5.40. The van der Waals surface area contributed by atoms with Crippen LogP contribution in [0.5, 0.6) is 0 Å². The van der Waals surface area contributed by atoms with E-state index in [-0.39, 0.29) is 24.3 Å². The molecule has 0 aromatic heterocycles. The monoisotopic (exact) mass is 314 g/mol. The summed E-state index contributed by atoms with van der Waals surface area (Å²) in [5.41, 5.74) is 0. The lowest BCUT2D eigenvalue weighted by molar-refractivity contribution is -0.137. The molecule has 3 amide bonds. The molecule has 0 aromatic rings. The molecule has 8 heteroatoms. The summed E-state index contributed by atoms with van der Waals surface area (Å²) in [5.74, 6) is -0.467. The number of hydrogen-bond donors (Lipinski definition) is 1. The zero-order valence-corrected chi connectivity index (χ0v) is 13.6. The zero-order chi connectivity index (χ0) is 16.5.